The first-order valence-corrected chi connectivity index (χ1v) is 11.6. The van der Waals surface area contributed by atoms with Gasteiger partial charge in [-0.05, 0) is 61.7 Å². The Morgan fingerprint density at radius 1 is 1.03 bits per heavy atom. The van der Waals surface area contributed by atoms with Gasteiger partial charge in [-0.25, -0.2) is 12.8 Å². The molecule has 2 aromatic carbocycles. The molecule has 1 aliphatic heterocycles. The highest BCUT2D eigenvalue weighted by molar-refractivity contribution is 7.89. The third-order valence-corrected chi connectivity index (χ3v) is 7.06. The summed E-state index contributed by atoms with van der Waals surface area (Å²) in [4.78, 5) is 12.3. The summed E-state index contributed by atoms with van der Waals surface area (Å²) < 4.78 is 45.6. The summed E-state index contributed by atoms with van der Waals surface area (Å²) in [6, 6.07) is 11.8. The van der Waals surface area contributed by atoms with Crippen LogP contribution in [0, 0.1) is 5.82 Å². The molecule has 0 aromatic heterocycles. The third kappa shape index (κ3) is 5.79. The Hall–Kier alpha value is -2.45. The molecule has 3 rings (SSSR count). The molecule has 1 amide bonds. The van der Waals surface area contributed by atoms with Crippen LogP contribution >= 0.6 is 0 Å². The minimum absolute atomic E-state index is 0.205. The number of amides is 1. The average molecular weight is 435 g/mol. The van der Waals surface area contributed by atoms with Crippen molar-refractivity contribution in [2.45, 2.75) is 43.5 Å². The van der Waals surface area contributed by atoms with Crippen molar-refractivity contribution in [3.63, 3.8) is 0 Å². The molecule has 8 heteroatoms. The summed E-state index contributed by atoms with van der Waals surface area (Å²) in [5, 5.41) is 2.78. The second-order valence-electron chi connectivity index (χ2n) is 7.42. The van der Waals surface area contributed by atoms with Gasteiger partial charge in [0.05, 0.1) is 10.9 Å². The lowest BCUT2D eigenvalue weighted by molar-refractivity contribution is -0.123. The topological polar surface area (TPSA) is 75.7 Å². The van der Waals surface area contributed by atoms with Crippen LogP contribution in [-0.4, -0.2) is 38.3 Å². The molecule has 162 valence electrons. The molecule has 6 nitrogen and oxygen atoms in total. The number of ether oxygens (including phenoxy) is 1. The minimum Gasteiger partial charge on any atom is -0.484 e. The number of nitrogens with zero attached hydrogens (tertiary/aromatic N) is 1. The van der Waals surface area contributed by atoms with Gasteiger partial charge in [-0.15, -0.1) is 0 Å². The predicted octanol–water partition coefficient (Wildman–Crippen LogP) is 3.65. The van der Waals surface area contributed by atoms with Crippen LogP contribution in [-0.2, 0) is 14.8 Å². The molecule has 2 aromatic rings. The van der Waals surface area contributed by atoms with Crippen molar-refractivity contribution in [3.05, 3.63) is 59.9 Å². The molecule has 30 heavy (non-hydrogen) atoms. The maximum absolute atomic E-state index is 13.0. The Morgan fingerprint density at radius 3 is 2.23 bits per heavy atom. The summed E-state index contributed by atoms with van der Waals surface area (Å²) in [5.74, 6) is -0.246. The fourth-order valence-electron chi connectivity index (χ4n) is 3.41. The number of carbonyl (C=O) groups is 1. The highest BCUT2D eigenvalue weighted by atomic mass is 32.2. The van der Waals surface area contributed by atoms with Crippen molar-refractivity contribution >= 4 is 15.9 Å². The van der Waals surface area contributed by atoms with Crippen LogP contribution in [0.1, 0.15) is 44.2 Å². The molecule has 0 bridgehead atoms. The SMILES string of the molecule is CC(NC(=O)COc1ccc(S(=O)(=O)N2CCCCCC2)cc1)c1ccc(F)cc1. The molecular formula is C22H27FN2O4S. The molecule has 0 saturated carbocycles. The second-order valence-corrected chi connectivity index (χ2v) is 9.36. The van der Waals surface area contributed by atoms with Gasteiger partial charge in [-0.2, -0.15) is 4.31 Å². The average Bonchev–Trinajstić information content (AvgIpc) is 3.03. The van der Waals surface area contributed by atoms with E-state index in [1.807, 2.05) is 0 Å². The number of hydrogen-bond acceptors (Lipinski definition) is 4. The van der Waals surface area contributed by atoms with E-state index in [4.69, 9.17) is 4.74 Å². The first-order chi connectivity index (χ1) is 14.4. The van der Waals surface area contributed by atoms with Crippen molar-refractivity contribution in [2.24, 2.45) is 0 Å². The summed E-state index contributed by atoms with van der Waals surface area (Å²) in [6.07, 6.45) is 3.87. The van der Waals surface area contributed by atoms with E-state index in [0.717, 1.165) is 31.2 Å². The van der Waals surface area contributed by atoms with Crippen LogP contribution < -0.4 is 10.1 Å². The third-order valence-electron chi connectivity index (χ3n) is 5.14. The monoisotopic (exact) mass is 434 g/mol. The molecule has 1 N–H and O–H groups in total. The summed E-state index contributed by atoms with van der Waals surface area (Å²) in [7, 11) is -3.51. The largest absolute Gasteiger partial charge is 0.484 e. The number of sulfonamides is 1. The van der Waals surface area contributed by atoms with Gasteiger partial charge in [-0.3, -0.25) is 4.79 Å². The van der Waals surface area contributed by atoms with Crippen molar-refractivity contribution in [1.82, 2.24) is 9.62 Å². The van der Waals surface area contributed by atoms with Crippen molar-refractivity contribution in [1.29, 1.82) is 0 Å². The van der Waals surface area contributed by atoms with Gasteiger partial charge < -0.3 is 10.1 Å². The molecule has 0 radical (unpaired) electrons. The van der Waals surface area contributed by atoms with Gasteiger partial charge in [0.25, 0.3) is 5.91 Å². The van der Waals surface area contributed by atoms with Gasteiger partial charge >= 0.3 is 0 Å². The molecule has 1 saturated heterocycles. The number of rotatable bonds is 7. The standard InChI is InChI=1S/C22H27FN2O4S/c1-17(18-6-8-19(23)9-7-18)24-22(26)16-29-20-10-12-21(13-11-20)30(27,28)25-14-4-2-3-5-15-25/h6-13,17H,2-5,14-16H2,1H3,(H,24,26). The van der Waals surface area contributed by atoms with E-state index in [-0.39, 0.29) is 29.3 Å². The lowest BCUT2D eigenvalue weighted by atomic mass is 10.1. The molecule has 1 unspecified atom stereocenters. The summed E-state index contributed by atoms with van der Waals surface area (Å²) in [5.41, 5.74) is 0.785. The Morgan fingerprint density at radius 2 is 1.63 bits per heavy atom. The summed E-state index contributed by atoms with van der Waals surface area (Å²) >= 11 is 0. The molecule has 1 aliphatic rings. The first-order valence-electron chi connectivity index (χ1n) is 10.1. The van der Waals surface area contributed by atoms with E-state index < -0.39 is 10.0 Å². The first kappa shape index (κ1) is 22.2. The molecule has 1 heterocycles. The number of halogens is 1. The maximum atomic E-state index is 13.0. The zero-order chi connectivity index (χ0) is 21.6. The van der Waals surface area contributed by atoms with Gasteiger partial charge in [0.2, 0.25) is 10.0 Å². The minimum atomic E-state index is -3.51. The number of carbonyl (C=O) groups excluding carboxylic acids is 1. The van der Waals surface area contributed by atoms with Gasteiger partial charge in [0, 0.05) is 13.1 Å². The number of nitrogens with one attached hydrogen (secondary N) is 1. The molecule has 1 atom stereocenters. The fraction of sp³-hybridized carbons (Fsp3) is 0.409. The van der Waals surface area contributed by atoms with E-state index >= 15 is 0 Å². The Bertz CT molecular complexity index is 938. The van der Waals surface area contributed by atoms with Gasteiger partial charge in [0.15, 0.2) is 6.61 Å². The highest BCUT2D eigenvalue weighted by Gasteiger charge is 2.25. The number of benzene rings is 2. The van der Waals surface area contributed by atoms with Crippen molar-refractivity contribution < 1.29 is 22.3 Å². The number of hydrogen-bond donors (Lipinski definition) is 1. The molecule has 0 spiro atoms. The Kier molecular flexibility index (Phi) is 7.44. The quantitative estimate of drug-likeness (QED) is 0.722. The van der Waals surface area contributed by atoms with E-state index in [1.165, 1.54) is 24.3 Å². The van der Waals surface area contributed by atoms with Crippen molar-refractivity contribution in [2.75, 3.05) is 19.7 Å². The van der Waals surface area contributed by atoms with Crippen LogP contribution in [0.5, 0.6) is 5.75 Å². The van der Waals surface area contributed by atoms with Crippen LogP contribution in [0.2, 0.25) is 0 Å². The van der Waals surface area contributed by atoms with E-state index in [1.54, 1.807) is 35.5 Å². The smallest absolute Gasteiger partial charge is 0.258 e. The Labute approximate surface area is 177 Å². The van der Waals surface area contributed by atoms with E-state index in [0.29, 0.717) is 18.8 Å². The van der Waals surface area contributed by atoms with Crippen LogP contribution in [0.4, 0.5) is 4.39 Å². The molecule has 1 fully saturated rings. The predicted molar refractivity (Wildman–Crippen MR) is 112 cm³/mol. The normalized spacial score (nSPS) is 16.5. The Balaban J connectivity index is 1.53. The van der Waals surface area contributed by atoms with Crippen LogP contribution in [0.25, 0.3) is 0 Å². The van der Waals surface area contributed by atoms with Crippen LogP contribution in [0.15, 0.2) is 53.4 Å². The van der Waals surface area contributed by atoms with E-state index in [2.05, 4.69) is 5.32 Å². The lowest BCUT2D eigenvalue weighted by Gasteiger charge is -2.20. The highest BCUT2D eigenvalue weighted by Crippen LogP contribution is 2.22. The zero-order valence-electron chi connectivity index (χ0n) is 17.0. The zero-order valence-corrected chi connectivity index (χ0v) is 17.8. The lowest BCUT2D eigenvalue weighted by Crippen LogP contribution is -2.32. The fourth-order valence-corrected chi connectivity index (χ4v) is 4.92. The van der Waals surface area contributed by atoms with Gasteiger partial charge in [0.1, 0.15) is 11.6 Å². The van der Waals surface area contributed by atoms with Crippen LogP contribution in [0.3, 0.4) is 0 Å². The van der Waals surface area contributed by atoms with Crippen molar-refractivity contribution in [3.8, 4) is 5.75 Å². The summed E-state index contributed by atoms with van der Waals surface area (Å²) in [6.45, 7) is 2.69. The maximum Gasteiger partial charge on any atom is 0.258 e. The van der Waals surface area contributed by atoms with Gasteiger partial charge in [-0.1, -0.05) is 25.0 Å². The second kappa shape index (κ2) is 10.0. The molecule has 0 aliphatic carbocycles. The molecular weight excluding hydrogens is 407 g/mol. The van der Waals surface area contributed by atoms with E-state index in [9.17, 15) is 17.6 Å².